The Bertz CT molecular complexity index is 1210. The standard InChI is InChI=1S/C25H29FN4O3/c1-25(2,3)13-12-16-15-9-11-21(17(15)8-10-19(16)26)29-23(31)28-20-6-5-7-22-18(20)14-27-30(22)24(32)33-4/h5-8,10,14,21H,9,11-13H2,1-4H3,(H2,28,29,31). The minimum Gasteiger partial charge on any atom is -0.451 e. The number of halogens is 1. The monoisotopic (exact) mass is 452 g/mol. The summed E-state index contributed by atoms with van der Waals surface area (Å²) in [5.41, 5.74) is 3.95. The largest absolute Gasteiger partial charge is 0.451 e. The Labute approximate surface area is 192 Å². The SMILES string of the molecule is COC(=O)n1ncc2c(NC(=O)NC3CCc4c3ccc(F)c4CCC(C)(C)C)cccc21. The molecule has 0 bridgehead atoms. The van der Waals surface area contributed by atoms with Gasteiger partial charge in [0.25, 0.3) is 0 Å². The number of hydrogen-bond donors (Lipinski definition) is 2. The fourth-order valence-corrected chi connectivity index (χ4v) is 4.38. The molecule has 0 saturated carbocycles. The highest BCUT2D eigenvalue weighted by Gasteiger charge is 2.28. The molecule has 0 saturated heterocycles. The van der Waals surface area contributed by atoms with Gasteiger partial charge >= 0.3 is 12.1 Å². The predicted octanol–water partition coefficient (Wildman–Crippen LogP) is 5.58. The smallest absolute Gasteiger partial charge is 0.434 e. The van der Waals surface area contributed by atoms with Crippen LogP contribution in [0.5, 0.6) is 0 Å². The average molecular weight is 453 g/mol. The van der Waals surface area contributed by atoms with Crippen molar-refractivity contribution in [1.29, 1.82) is 0 Å². The van der Waals surface area contributed by atoms with E-state index in [0.717, 1.165) is 40.6 Å². The number of nitrogens with one attached hydrogen (secondary N) is 2. The molecule has 7 nitrogen and oxygen atoms in total. The van der Waals surface area contributed by atoms with Crippen molar-refractivity contribution in [3.8, 4) is 0 Å². The molecule has 2 aromatic carbocycles. The van der Waals surface area contributed by atoms with Gasteiger partial charge in [-0.3, -0.25) is 0 Å². The van der Waals surface area contributed by atoms with Crippen LogP contribution in [0, 0.1) is 11.2 Å². The van der Waals surface area contributed by atoms with Gasteiger partial charge in [0.1, 0.15) is 5.82 Å². The van der Waals surface area contributed by atoms with Gasteiger partial charge in [0.15, 0.2) is 0 Å². The van der Waals surface area contributed by atoms with Gasteiger partial charge in [0.05, 0.1) is 30.6 Å². The van der Waals surface area contributed by atoms with E-state index in [1.165, 1.54) is 19.4 Å². The molecule has 1 heterocycles. The zero-order valence-electron chi connectivity index (χ0n) is 19.4. The van der Waals surface area contributed by atoms with E-state index in [2.05, 4.69) is 36.5 Å². The van der Waals surface area contributed by atoms with Crippen LogP contribution in [0.4, 0.5) is 19.7 Å². The molecule has 1 aliphatic rings. The lowest BCUT2D eigenvalue weighted by Crippen LogP contribution is -2.31. The molecular weight excluding hydrogens is 423 g/mol. The number of amides is 2. The molecule has 1 atom stereocenters. The van der Waals surface area contributed by atoms with E-state index in [1.54, 1.807) is 24.3 Å². The average Bonchev–Trinajstić information content (AvgIpc) is 3.37. The van der Waals surface area contributed by atoms with E-state index in [4.69, 9.17) is 4.74 Å². The lowest BCUT2D eigenvalue weighted by Gasteiger charge is -2.20. The number of ether oxygens (including phenoxy) is 1. The number of urea groups is 1. The Morgan fingerprint density at radius 2 is 2.03 bits per heavy atom. The second-order valence-electron chi connectivity index (χ2n) is 9.61. The summed E-state index contributed by atoms with van der Waals surface area (Å²) in [5, 5.41) is 10.5. The number of anilines is 1. The number of carbonyl (C=O) groups is 2. The molecule has 1 aromatic heterocycles. The van der Waals surface area contributed by atoms with Crippen LogP contribution in [0.1, 0.15) is 56.3 Å². The van der Waals surface area contributed by atoms with Gasteiger partial charge < -0.3 is 15.4 Å². The number of rotatable bonds is 4. The van der Waals surface area contributed by atoms with Crippen molar-refractivity contribution < 1.29 is 18.7 Å². The highest BCUT2D eigenvalue weighted by Crippen LogP contribution is 2.36. The minimum atomic E-state index is -0.608. The Hall–Kier alpha value is -3.42. The molecule has 1 unspecified atom stereocenters. The predicted molar refractivity (Wildman–Crippen MR) is 125 cm³/mol. The van der Waals surface area contributed by atoms with Gasteiger partial charge in [-0.05, 0) is 66.0 Å². The van der Waals surface area contributed by atoms with Crippen LogP contribution in [-0.2, 0) is 17.6 Å². The first-order chi connectivity index (χ1) is 15.7. The fourth-order valence-electron chi connectivity index (χ4n) is 4.38. The number of benzene rings is 2. The van der Waals surface area contributed by atoms with E-state index >= 15 is 0 Å². The molecule has 1 aliphatic carbocycles. The van der Waals surface area contributed by atoms with Crippen LogP contribution in [0.3, 0.4) is 0 Å². The van der Waals surface area contributed by atoms with Crippen LogP contribution < -0.4 is 10.6 Å². The van der Waals surface area contributed by atoms with Gasteiger partial charge in [0.2, 0.25) is 0 Å². The maximum absolute atomic E-state index is 14.6. The molecule has 0 radical (unpaired) electrons. The van der Waals surface area contributed by atoms with Gasteiger partial charge in [-0.2, -0.15) is 9.78 Å². The van der Waals surface area contributed by atoms with Crippen LogP contribution in [-0.4, -0.2) is 29.0 Å². The summed E-state index contributed by atoms with van der Waals surface area (Å²) in [7, 11) is 1.28. The lowest BCUT2D eigenvalue weighted by atomic mass is 9.87. The van der Waals surface area contributed by atoms with Crippen molar-refractivity contribution in [3.63, 3.8) is 0 Å². The van der Waals surface area contributed by atoms with Crippen molar-refractivity contribution >= 4 is 28.7 Å². The van der Waals surface area contributed by atoms with Crippen molar-refractivity contribution in [3.05, 3.63) is 59.0 Å². The first-order valence-electron chi connectivity index (χ1n) is 11.1. The van der Waals surface area contributed by atoms with Gasteiger partial charge in [-0.1, -0.05) is 32.9 Å². The molecule has 3 aromatic rings. The quantitative estimate of drug-likeness (QED) is 0.541. The zero-order valence-corrected chi connectivity index (χ0v) is 19.4. The third-order valence-electron chi connectivity index (χ3n) is 6.11. The van der Waals surface area contributed by atoms with Crippen LogP contribution >= 0.6 is 0 Å². The third-order valence-corrected chi connectivity index (χ3v) is 6.11. The van der Waals surface area contributed by atoms with Gasteiger partial charge in [0, 0.05) is 5.39 Å². The molecule has 4 rings (SSSR count). The van der Waals surface area contributed by atoms with E-state index in [0.29, 0.717) is 23.0 Å². The number of carbonyl (C=O) groups excluding carboxylic acids is 2. The second-order valence-corrected chi connectivity index (χ2v) is 9.61. The Morgan fingerprint density at radius 1 is 1.24 bits per heavy atom. The fraction of sp³-hybridized carbons (Fsp3) is 0.400. The van der Waals surface area contributed by atoms with E-state index in [1.807, 2.05) is 0 Å². The summed E-state index contributed by atoms with van der Waals surface area (Å²) in [4.78, 5) is 24.7. The van der Waals surface area contributed by atoms with Crippen molar-refractivity contribution in [2.45, 2.75) is 52.5 Å². The number of methoxy groups -OCH3 is 1. The van der Waals surface area contributed by atoms with E-state index in [-0.39, 0.29) is 23.3 Å². The molecule has 0 fully saturated rings. The molecule has 174 valence electrons. The molecule has 33 heavy (non-hydrogen) atoms. The number of nitrogens with zero attached hydrogens (tertiary/aromatic N) is 2. The summed E-state index contributed by atoms with van der Waals surface area (Å²) >= 11 is 0. The van der Waals surface area contributed by atoms with Crippen molar-refractivity contribution in [2.24, 2.45) is 5.41 Å². The summed E-state index contributed by atoms with van der Waals surface area (Å²) in [6, 6.07) is 7.93. The molecule has 2 N–H and O–H groups in total. The van der Waals surface area contributed by atoms with Crippen molar-refractivity contribution in [1.82, 2.24) is 15.1 Å². The second kappa shape index (κ2) is 8.84. The maximum Gasteiger partial charge on any atom is 0.434 e. The summed E-state index contributed by atoms with van der Waals surface area (Å²) in [6.07, 6.45) is 3.93. The zero-order chi connectivity index (χ0) is 23.8. The Balaban J connectivity index is 1.50. The Kier molecular flexibility index (Phi) is 6.10. The van der Waals surface area contributed by atoms with E-state index < -0.39 is 6.09 Å². The molecule has 0 aliphatic heterocycles. The highest BCUT2D eigenvalue weighted by molar-refractivity contribution is 6.02. The molecule has 2 amide bonds. The maximum atomic E-state index is 14.6. The molecule has 8 heteroatoms. The highest BCUT2D eigenvalue weighted by atomic mass is 19.1. The summed E-state index contributed by atoms with van der Waals surface area (Å²) < 4.78 is 20.5. The molecule has 0 spiro atoms. The number of hydrogen-bond acceptors (Lipinski definition) is 4. The minimum absolute atomic E-state index is 0.119. The molecular formula is C25H29FN4O3. The third kappa shape index (κ3) is 4.69. The summed E-state index contributed by atoms with van der Waals surface area (Å²) in [6.45, 7) is 6.45. The summed E-state index contributed by atoms with van der Waals surface area (Å²) in [5.74, 6) is -0.169. The Morgan fingerprint density at radius 3 is 2.76 bits per heavy atom. The first kappa shape index (κ1) is 22.8. The first-order valence-corrected chi connectivity index (χ1v) is 11.1. The number of fused-ring (bicyclic) bond motifs is 2. The van der Waals surface area contributed by atoms with Crippen molar-refractivity contribution in [2.75, 3.05) is 12.4 Å². The normalized spacial score (nSPS) is 15.4. The van der Waals surface area contributed by atoms with Crippen LogP contribution in [0.2, 0.25) is 0 Å². The number of aromatic nitrogens is 2. The topological polar surface area (TPSA) is 85.2 Å². The lowest BCUT2D eigenvalue weighted by molar-refractivity contribution is 0.170. The van der Waals surface area contributed by atoms with Gasteiger partial charge in [-0.15, -0.1) is 0 Å². The van der Waals surface area contributed by atoms with Crippen LogP contribution in [0.25, 0.3) is 10.9 Å². The van der Waals surface area contributed by atoms with E-state index in [9.17, 15) is 14.0 Å². The van der Waals surface area contributed by atoms with Gasteiger partial charge in [-0.25, -0.2) is 14.0 Å². The van der Waals surface area contributed by atoms with Crippen LogP contribution in [0.15, 0.2) is 36.5 Å².